The van der Waals surface area contributed by atoms with E-state index in [1.807, 2.05) is 0 Å². The van der Waals surface area contributed by atoms with Crippen LogP contribution < -0.4 is 10.7 Å². The van der Waals surface area contributed by atoms with Gasteiger partial charge in [-0.15, -0.1) is 0 Å². The van der Waals surface area contributed by atoms with Gasteiger partial charge in [0.15, 0.2) is 12.1 Å². The molecule has 3 nitrogen and oxygen atoms in total. The van der Waals surface area contributed by atoms with E-state index in [1.165, 1.54) is 6.20 Å². The molecule has 0 aromatic heterocycles. The Morgan fingerprint density at radius 3 is 2.57 bits per heavy atom. The Morgan fingerprint density at radius 1 is 2.00 bits per heavy atom. The lowest BCUT2D eigenvalue weighted by Gasteiger charge is -1.97. The van der Waals surface area contributed by atoms with Crippen LogP contribution in [-0.4, -0.2) is 12.1 Å². The molecule has 36 valence electrons. The van der Waals surface area contributed by atoms with Crippen LogP contribution in [-0.2, 0) is 4.79 Å². The summed E-state index contributed by atoms with van der Waals surface area (Å²) >= 11 is 0. The molecule has 0 aliphatic carbocycles. The molecule has 0 unspecified atom stereocenters. The lowest BCUT2D eigenvalue weighted by molar-refractivity contribution is -0.379. The molecule has 0 radical (unpaired) electrons. The van der Waals surface area contributed by atoms with Crippen LogP contribution in [0.2, 0.25) is 0 Å². The maximum absolute atomic E-state index is 10.0. The summed E-state index contributed by atoms with van der Waals surface area (Å²) in [6, 6.07) is 0. The highest BCUT2D eigenvalue weighted by atomic mass is 16.1. The van der Waals surface area contributed by atoms with Crippen molar-refractivity contribution in [2.75, 3.05) is 0 Å². The topological polar surface area (TPSA) is 57.1 Å². The Labute approximate surface area is 40.5 Å². The Morgan fingerprint density at radius 2 is 2.57 bits per heavy atom. The third-order valence-electron chi connectivity index (χ3n) is 0.689. The first-order chi connectivity index (χ1) is 3.30. The molecule has 0 saturated carbocycles. The summed E-state index contributed by atoms with van der Waals surface area (Å²) in [4.78, 5) is 12.6. The van der Waals surface area contributed by atoms with Crippen molar-refractivity contribution in [2.24, 2.45) is 5.73 Å². The Balaban J connectivity index is 2.60. The molecule has 0 aromatic rings. The highest BCUT2D eigenvalue weighted by Crippen LogP contribution is 1.81. The molecular formula is C4H4N2O. The van der Waals surface area contributed by atoms with Gasteiger partial charge in [0.05, 0.1) is 6.20 Å². The summed E-state index contributed by atoms with van der Waals surface area (Å²) in [5.74, 6) is -0.432. The molecule has 0 atom stereocenters. The minimum Gasteiger partial charge on any atom is -0.404 e. The van der Waals surface area contributed by atoms with Gasteiger partial charge >= 0.3 is 0 Å². The van der Waals surface area contributed by atoms with Gasteiger partial charge in [-0.05, 0) is 0 Å². The zero-order valence-corrected chi connectivity index (χ0v) is 3.56. The van der Waals surface area contributed by atoms with Gasteiger partial charge < -0.3 is 10.5 Å². The van der Waals surface area contributed by atoms with Crippen LogP contribution in [0.15, 0.2) is 11.8 Å². The van der Waals surface area contributed by atoms with E-state index in [0.717, 1.165) is 0 Å². The van der Waals surface area contributed by atoms with Crippen molar-refractivity contribution in [3.05, 3.63) is 11.8 Å². The summed E-state index contributed by atoms with van der Waals surface area (Å²) in [7, 11) is 0. The van der Waals surface area contributed by atoms with E-state index in [-0.39, 0.29) is 0 Å². The van der Waals surface area contributed by atoms with Crippen LogP contribution in [0.3, 0.4) is 0 Å². The van der Waals surface area contributed by atoms with E-state index in [9.17, 15) is 4.79 Å². The largest absolute Gasteiger partial charge is 0.404 e. The molecule has 0 bridgehead atoms. The molecule has 1 rings (SSSR count). The van der Waals surface area contributed by atoms with Crippen LogP contribution in [0.5, 0.6) is 0 Å². The molecule has 0 spiro atoms. The highest BCUT2D eigenvalue weighted by Gasteiger charge is 2.03. The first kappa shape index (κ1) is 4.05. The van der Waals surface area contributed by atoms with Gasteiger partial charge in [0.1, 0.15) is 0 Å². The molecule has 1 heterocycles. The van der Waals surface area contributed by atoms with Gasteiger partial charge in [0, 0.05) is 5.57 Å². The second-order valence-corrected chi connectivity index (χ2v) is 1.19. The van der Waals surface area contributed by atoms with Gasteiger partial charge in [0.2, 0.25) is 0 Å². The van der Waals surface area contributed by atoms with Crippen molar-refractivity contribution < 1.29 is 9.79 Å². The zero-order chi connectivity index (χ0) is 5.28. The van der Waals surface area contributed by atoms with E-state index in [0.29, 0.717) is 5.57 Å². The lowest BCUT2D eigenvalue weighted by atomic mass is 10.2. The molecule has 7 heavy (non-hydrogen) atoms. The second-order valence-electron chi connectivity index (χ2n) is 1.19. The van der Waals surface area contributed by atoms with E-state index in [4.69, 9.17) is 5.73 Å². The highest BCUT2D eigenvalue weighted by molar-refractivity contribution is 6.11. The minimum absolute atomic E-state index is 0.431. The summed E-state index contributed by atoms with van der Waals surface area (Å²) in [5.41, 5.74) is 5.22. The molecule has 3 N–H and O–H groups in total. The summed E-state index contributed by atoms with van der Waals surface area (Å²) in [5, 5.41) is 0. The van der Waals surface area contributed by atoms with Gasteiger partial charge in [-0.1, -0.05) is 0 Å². The maximum Gasteiger partial charge on any atom is 0.174 e. The van der Waals surface area contributed by atoms with E-state index < -0.39 is 5.91 Å². The SMILES string of the molecule is NC(=O)C1=C[NH+]=[C-]1. The number of nitrogens with one attached hydrogen (secondary N) is 1. The number of nitrogens with two attached hydrogens (primary N) is 1. The third kappa shape index (κ3) is 0.513. The second kappa shape index (κ2) is 1.18. The average Bonchev–Trinajstić information content (AvgIpc) is 1.23. The fourth-order valence-electron chi connectivity index (χ4n) is 0.277. The average molecular weight is 96.1 g/mol. The van der Waals surface area contributed by atoms with Crippen molar-refractivity contribution >= 4 is 12.1 Å². The quantitative estimate of drug-likeness (QED) is 0.345. The van der Waals surface area contributed by atoms with Crippen molar-refractivity contribution in [1.29, 1.82) is 0 Å². The van der Waals surface area contributed by atoms with Crippen molar-refractivity contribution in [3.8, 4) is 0 Å². The van der Waals surface area contributed by atoms with Crippen LogP contribution in [0, 0.1) is 0 Å². The van der Waals surface area contributed by atoms with Crippen molar-refractivity contribution in [3.63, 3.8) is 0 Å². The first-order valence-corrected chi connectivity index (χ1v) is 1.82. The molecule has 0 aromatic carbocycles. The number of amides is 1. The molecule has 1 aliphatic rings. The summed E-state index contributed by atoms with van der Waals surface area (Å²) in [6.45, 7) is 0. The minimum atomic E-state index is -0.432. The molecule has 1 aliphatic heterocycles. The number of carbonyl (C=O) groups is 1. The zero-order valence-electron chi connectivity index (χ0n) is 3.56. The fraction of sp³-hybridized carbons (Fsp3) is 0. The fourth-order valence-corrected chi connectivity index (χ4v) is 0.277. The van der Waals surface area contributed by atoms with Crippen LogP contribution >= 0.6 is 0 Å². The first-order valence-electron chi connectivity index (χ1n) is 1.82. The van der Waals surface area contributed by atoms with E-state index in [2.05, 4.69) is 11.2 Å². The van der Waals surface area contributed by atoms with E-state index in [1.54, 1.807) is 0 Å². The Hall–Kier alpha value is -1.12. The van der Waals surface area contributed by atoms with Gasteiger partial charge in [-0.25, -0.2) is 0 Å². The number of carbonyl (C=O) groups excluding carboxylic acids is 1. The third-order valence-corrected chi connectivity index (χ3v) is 0.689. The number of hydrogen-bond acceptors (Lipinski definition) is 1. The molecule has 0 saturated heterocycles. The standard InChI is InChI=1S/C4H4N2O/c5-4(7)3-1-6-2-3/h1,6H,(H2,5,7). The van der Waals surface area contributed by atoms with E-state index >= 15 is 0 Å². The van der Waals surface area contributed by atoms with Crippen molar-refractivity contribution in [2.45, 2.75) is 0 Å². The maximum atomic E-state index is 10.0. The predicted octanol–water partition coefficient (Wildman–Crippen LogP) is -2.60. The number of rotatable bonds is 1. The molecule has 3 heteroatoms. The van der Waals surface area contributed by atoms with Gasteiger partial charge in [-0.2, -0.15) is 0 Å². The summed E-state index contributed by atoms with van der Waals surface area (Å²) in [6.07, 6.45) is 3.98. The van der Waals surface area contributed by atoms with Crippen LogP contribution in [0.25, 0.3) is 0 Å². The van der Waals surface area contributed by atoms with Crippen molar-refractivity contribution in [1.82, 2.24) is 0 Å². The Bertz CT molecular complexity index is 157. The molecule has 1 amide bonds. The predicted molar refractivity (Wildman–Crippen MR) is 23.2 cm³/mol. The normalized spacial score (nSPS) is 15.1. The van der Waals surface area contributed by atoms with Gasteiger partial charge in [-0.3, -0.25) is 4.99 Å². The molecule has 0 fully saturated rings. The van der Waals surface area contributed by atoms with Gasteiger partial charge in [0.25, 0.3) is 0 Å². The summed E-state index contributed by atoms with van der Waals surface area (Å²) < 4.78 is 0. The lowest BCUT2D eigenvalue weighted by Crippen LogP contribution is -2.69. The van der Waals surface area contributed by atoms with Crippen LogP contribution in [0.4, 0.5) is 0 Å². The number of primary amides is 1. The monoisotopic (exact) mass is 96.0 g/mol. The Kier molecular flexibility index (Phi) is 0.685. The smallest absolute Gasteiger partial charge is 0.174 e. The number of hydrogen-bond donors (Lipinski definition) is 2. The van der Waals surface area contributed by atoms with Crippen LogP contribution in [0.1, 0.15) is 0 Å². The molecular weight excluding hydrogens is 92.1 g/mol.